The van der Waals surface area contributed by atoms with Crippen LogP contribution in [-0.4, -0.2) is 28.4 Å². The minimum atomic E-state index is -1.61. The SMILES string of the molecule is COc1cc([C@@H](O)C(=O)O)ccc1O.[H-].[Na+]. The second-order valence-electron chi connectivity index (χ2n) is 2.67. The maximum absolute atomic E-state index is 10.4. The molecule has 0 saturated carbocycles. The van der Waals surface area contributed by atoms with Gasteiger partial charge in [0, 0.05) is 0 Å². The van der Waals surface area contributed by atoms with Crippen LogP contribution in [-0.2, 0) is 4.79 Å². The molecular formula is C9H11NaO5. The summed E-state index contributed by atoms with van der Waals surface area (Å²) < 4.78 is 4.76. The molecule has 0 aliphatic carbocycles. The van der Waals surface area contributed by atoms with E-state index in [1.807, 2.05) is 0 Å². The molecule has 5 nitrogen and oxygen atoms in total. The van der Waals surface area contributed by atoms with Crippen molar-refractivity contribution < 1.29 is 55.8 Å². The molecule has 0 amide bonds. The number of aromatic hydroxyl groups is 1. The monoisotopic (exact) mass is 222 g/mol. The average Bonchev–Trinajstić information content (AvgIpc) is 2.17. The van der Waals surface area contributed by atoms with E-state index in [0.29, 0.717) is 0 Å². The summed E-state index contributed by atoms with van der Waals surface area (Å²) >= 11 is 0. The third kappa shape index (κ3) is 3.39. The summed E-state index contributed by atoms with van der Waals surface area (Å²) in [5, 5.41) is 26.9. The fraction of sp³-hybridized carbons (Fsp3) is 0.222. The van der Waals surface area contributed by atoms with Crippen molar-refractivity contribution in [3.05, 3.63) is 23.8 Å². The summed E-state index contributed by atoms with van der Waals surface area (Å²) in [4.78, 5) is 10.4. The Labute approximate surface area is 110 Å². The summed E-state index contributed by atoms with van der Waals surface area (Å²) in [6.45, 7) is 0. The van der Waals surface area contributed by atoms with Gasteiger partial charge in [0.25, 0.3) is 0 Å². The number of aliphatic carboxylic acids is 1. The predicted molar refractivity (Wildman–Crippen MR) is 48.4 cm³/mol. The Bertz CT molecular complexity index is 358. The Kier molecular flexibility index (Phi) is 5.67. The fourth-order valence-corrected chi connectivity index (χ4v) is 1.01. The van der Waals surface area contributed by atoms with Gasteiger partial charge in [0.15, 0.2) is 17.6 Å². The van der Waals surface area contributed by atoms with E-state index in [1.165, 1.54) is 25.3 Å². The number of hydrogen-bond acceptors (Lipinski definition) is 4. The van der Waals surface area contributed by atoms with Crippen LogP contribution in [0.2, 0.25) is 0 Å². The summed E-state index contributed by atoms with van der Waals surface area (Å²) in [6.07, 6.45) is -1.61. The summed E-state index contributed by atoms with van der Waals surface area (Å²) in [5.74, 6) is -1.32. The van der Waals surface area contributed by atoms with Gasteiger partial charge in [0.05, 0.1) is 7.11 Å². The first-order valence-corrected chi connectivity index (χ1v) is 3.84. The van der Waals surface area contributed by atoms with E-state index in [2.05, 4.69) is 0 Å². The van der Waals surface area contributed by atoms with Crippen molar-refractivity contribution in [1.29, 1.82) is 0 Å². The van der Waals surface area contributed by atoms with Gasteiger partial charge >= 0.3 is 35.5 Å². The Morgan fingerprint density at radius 2 is 2.13 bits per heavy atom. The smallest absolute Gasteiger partial charge is 1.00 e. The van der Waals surface area contributed by atoms with Crippen LogP contribution in [0, 0.1) is 0 Å². The van der Waals surface area contributed by atoms with Gasteiger partial charge in [-0.25, -0.2) is 4.79 Å². The van der Waals surface area contributed by atoms with E-state index >= 15 is 0 Å². The van der Waals surface area contributed by atoms with Gasteiger partial charge in [-0.05, 0) is 17.7 Å². The van der Waals surface area contributed by atoms with Gasteiger partial charge in [-0.2, -0.15) is 0 Å². The largest absolute Gasteiger partial charge is 1.00 e. The van der Waals surface area contributed by atoms with Gasteiger partial charge < -0.3 is 21.5 Å². The molecule has 6 heteroatoms. The van der Waals surface area contributed by atoms with Crippen LogP contribution in [0.4, 0.5) is 0 Å². The maximum Gasteiger partial charge on any atom is 1.00 e. The zero-order valence-corrected chi connectivity index (χ0v) is 10.5. The molecule has 0 heterocycles. The molecule has 0 fully saturated rings. The van der Waals surface area contributed by atoms with Gasteiger partial charge in [0.2, 0.25) is 0 Å². The van der Waals surface area contributed by atoms with E-state index < -0.39 is 12.1 Å². The molecule has 0 aliphatic rings. The summed E-state index contributed by atoms with van der Waals surface area (Å²) in [6, 6.07) is 3.85. The molecule has 3 N–H and O–H groups in total. The second-order valence-corrected chi connectivity index (χ2v) is 2.67. The third-order valence-electron chi connectivity index (χ3n) is 1.75. The van der Waals surface area contributed by atoms with Crippen LogP contribution >= 0.6 is 0 Å². The average molecular weight is 222 g/mol. The van der Waals surface area contributed by atoms with Gasteiger partial charge in [-0.3, -0.25) is 0 Å². The second kappa shape index (κ2) is 5.97. The first-order chi connectivity index (χ1) is 6.56. The molecule has 78 valence electrons. The molecule has 1 rings (SSSR count). The number of carboxylic acid groups (broad SMARTS) is 1. The Morgan fingerprint density at radius 3 is 2.60 bits per heavy atom. The van der Waals surface area contributed by atoms with Crippen molar-refractivity contribution in [2.24, 2.45) is 0 Å². The van der Waals surface area contributed by atoms with Crippen LogP contribution in [0.15, 0.2) is 18.2 Å². The van der Waals surface area contributed by atoms with E-state index in [-0.39, 0.29) is 48.0 Å². The zero-order chi connectivity index (χ0) is 10.7. The molecule has 1 aromatic carbocycles. The van der Waals surface area contributed by atoms with Crippen molar-refractivity contribution >= 4 is 5.97 Å². The van der Waals surface area contributed by atoms with E-state index in [0.717, 1.165) is 0 Å². The molecule has 15 heavy (non-hydrogen) atoms. The van der Waals surface area contributed by atoms with Crippen molar-refractivity contribution in [3.63, 3.8) is 0 Å². The summed E-state index contributed by atoms with van der Waals surface area (Å²) in [5.41, 5.74) is 0.159. The number of phenolic OH excluding ortho intramolecular Hbond substituents is 1. The Morgan fingerprint density at radius 1 is 1.53 bits per heavy atom. The fourth-order valence-electron chi connectivity index (χ4n) is 1.01. The molecule has 0 aromatic heterocycles. The first kappa shape index (κ1) is 14.2. The van der Waals surface area contributed by atoms with Gasteiger partial charge in [-0.1, -0.05) is 6.07 Å². The van der Waals surface area contributed by atoms with Crippen LogP contribution in [0.3, 0.4) is 0 Å². The van der Waals surface area contributed by atoms with Gasteiger partial charge in [-0.15, -0.1) is 0 Å². The minimum Gasteiger partial charge on any atom is -1.00 e. The summed E-state index contributed by atoms with van der Waals surface area (Å²) in [7, 11) is 1.34. The van der Waals surface area contributed by atoms with Crippen LogP contribution < -0.4 is 34.3 Å². The number of ether oxygens (including phenoxy) is 1. The maximum atomic E-state index is 10.4. The van der Waals surface area contributed by atoms with E-state index in [9.17, 15) is 15.0 Å². The third-order valence-corrected chi connectivity index (χ3v) is 1.75. The molecule has 0 unspecified atom stereocenters. The van der Waals surface area contributed by atoms with E-state index in [4.69, 9.17) is 9.84 Å². The predicted octanol–water partition coefficient (Wildman–Crippen LogP) is -2.36. The number of hydrogen-bond donors (Lipinski definition) is 3. The normalized spacial score (nSPS) is 11.3. The number of benzene rings is 1. The standard InChI is InChI=1S/C9H10O5.Na.H/c1-14-7-4-5(2-3-6(7)10)8(11)9(12)13;;/h2-4,8,10-11H,1H3,(H,12,13);;/q;+1;-1/t8-;;/m1../s1. The molecule has 0 aliphatic heterocycles. The molecular weight excluding hydrogens is 211 g/mol. The molecule has 1 aromatic rings. The molecule has 0 spiro atoms. The van der Waals surface area contributed by atoms with Crippen LogP contribution in [0.25, 0.3) is 0 Å². The molecule has 1 atom stereocenters. The minimum absolute atomic E-state index is 0. The Balaban J connectivity index is 0. The molecule has 0 saturated heterocycles. The van der Waals surface area contributed by atoms with E-state index in [1.54, 1.807) is 0 Å². The van der Waals surface area contributed by atoms with Crippen LogP contribution in [0.5, 0.6) is 11.5 Å². The number of carboxylic acids is 1. The van der Waals surface area contributed by atoms with Crippen molar-refractivity contribution in [3.8, 4) is 11.5 Å². The quantitative estimate of drug-likeness (QED) is 0.498. The number of rotatable bonds is 3. The Hall–Kier alpha value is -0.750. The molecule has 0 bridgehead atoms. The first-order valence-electron chi connectivity index (χ1n) is 3.84. The van der Waals surface area contributed by atoms with Crippen molar-refractivity contribution in [1.82, 2.24) is 0 Å². The number of phenols is 1. The van der Waals surface area contributed by atoms with Gasteiger partial charge in [0.1, 0.15) is 0 Å². The number of methoxy groups -OCH3 is 1. The topological polar surface area (TPSA) is 87.0 Å². The number of aliphatic hydroxyl groups is 1. The molecule has 0 radical (unpaired) electrons. The van der Waals surface area contributed by atoms with Crippen molar-refractivity contribution in [2.45, 2.75) is 6.10 Å². The number of aliphatic hydroxyl groups excluding tert-OH is 1. The van der Waals surface area contributed by atoms with Crippen LogP contribution in [0.1, 0.15) is 13.1 Å². The van der Waals surface area contributed by atoms with Crippen molar-refractivity contribution in [2.75, 3.05) is 7.11 Å². The number of carbonyl (C=O) groups is 1. The zero-order valence-electron chi connectivity index (χ0n) is 9.47.